The standard InChI is InChI=1S/C20H18FN3O5/c1-24(11-18(25)22-14-8-6-13(21)7-9-14)19(26)12-28-20(27)10-16-15-4-2-3-5-17(15)29-23-16/h2-9H,10-12H2,1H3,(H,22,25). The van der Waals surface area contributed by atoms with Crippen molar-refractivity contribution in [3.8, 4) is 0 Å². The summed E-state index contributed by atoms with van der Waals surface area (Å²) in [7, 11) is 1.41. The Morgan fingerprint density at radius 3 is 2.62 bits per heavy atom. The van der Waals surface area contributed by atoms with Crippen molar-refractivity contribution in [1.29, 1.82) is 0 Å². The molecule has 0 radical (unpaired) electrons. The van der Waals surface area contributed by atoms with Crippen LogP contribution in [0.15, 0.2) is 53.1 Å². The lowest BCUT2D eigenvalue weighted by molar-refractivity contribution is -0.151. The third-order valence-electron chi connectivity index (χ3n) is 4.06. The van der Waals surface area contributed by atoms with Gasteiger partial charge in [0.25, 0.3) is 5.91 Å². The summed E-state index contributed by atoms with van der Waals surface area (Å²) in [4.78, 5) is 37.2. The molecule has 0 saturated carbocycles. The summed E-state index contributed by atoms with van der Waals surface area (Å²) >= 11 is 0. The number of esters is 1. The zero-order valence-corrected chi connectivity index (χ0v) is 15.6. The van der Waals surface area contributed by atoms with E-state index in [1.54, 1.807) is 24.3 Å². The van der Waals surface area contributed by atoms with Crippen molar-refractivity contribution in [3.05, 3.63) is 60.0 Å². The molecule has 150 valence electrons. The number of nitrogens with one attached hydrogen (secondary N) is 1. The predicted molar refractivity (Wildman–Crippen MR) is 101 cm³/mol. The molecule has 9 heteroatoms. The monoisotopic (exact) mass is 399 g/mol. The van der Waals surface area contributed by atoms with Crippen molar-refractivity contribution in [2.45, 2.75) is 6.42 Å². The van der Waals surface area contributed by atoms with E-state index < -0.39 is 30.2 Å². The molecule has 2 aromatic carbocycles. The fourth-order valence-corrected chi connectivity index (χ4v) is 2.54. The van der Waals surface area contributed by atoms with Crippen molar-refractivity contribution < 1.29 is 28.0 Å². The Hall–Kier alpha value is -3.75. The molecule has 0 bridgehead atoms. The number of amides is 2. The lowest BCUT2D eigenvalue weighted by Gasteiger charge is -2.16. The number of benzene rings is 2. The highest BCUT2D eigenvalue weighted by Gasteiger charge is 2.17. The quantitative estimate of drug-likeness (QED) is 0.611. The number of hydrogen-bond acceptors (Lipinski definition) is 6. The molecule has 8 nitrogen and oxygen atoms in total. The van der Waals surface area contributed by atoms with Crippen molar-refractivity contribution in [2.24, 2.45) is 0 Å². The summed E-state index contributed by atoms with van der Waals surface area (Å²) < 4.78 is 23.0. The van der Waals surface area contributed by atoms with E-state index in [1.165, 1.54) is 31.3 Å². The highest BCUT2D eigenvalue weighted by Crippen LogP contribution is 2.18. The molecule has 0 aliphatic heterocycles. The van der Waals surface area contributed by atoms with E-state index in [0.29, 0.717) is 22.4 Å². The number of halogens is 1. The van der Waals surface area contributed by atoms with Crippen LogP contribution in [-0.2, 0) is 25.5 Å². The fourth-order valence-electron chi connectivity index (χ4n) is 2.54. The van der Waals surface area contributed by atoms with Gasteiger partial charge in [-0.15, -0.1) is 0 Å². The number of likely N-dealkylation sites (N-methyl/N-ethyl adjacent to an activating group) is 1. The van der Waals surface area contributed by atoms with E-state index >= 15 is 0 Å². The van der Waals surface area contributed by atoms with E-state index in [9.17, 15) is 18.8 Å². The number of fused-ring (bicyclic) bond motifs is 1. The molecule has 0 spiro atoms. The molecular formula is C20H18FN3O5. The normalized spacial score (nSPS) is 10.6. The lowest BCUT2D eigenvalue weighted by Crippen LogP contribution is -2.37. The van der Waals surface area contributed by atoms with Crippen LogP contribution >= 0.6 is 0 Å². The average molecular weight is 399 g/mol. The number of anilines is 1. The van der Waals surface area contributed by atoms with Crippen LogP contribution in [0, 0.1) is 5.82 Å². The van der Waals surface area contributed by atoms with Gasteiger partial charge in [-0.25, -0.2) is 4.39 Å². The summed E-state index contributed by atoms with van der Waals surface area (Å²) in [5.41, 5.74) is 1.38. The Balaban J connectivity index is 1.44. The van der Waals surface area contributed by atoms with Gasteiger partial charge in [0.1, 0.15) is 11.5 Å². The summed E-state index contributed by atoms with van der Waals surface area (Å²) in [6.45, 7) is -0.753. The number of carbonyl (C=O) groups excluding carboxylic acids is 3. The van der Waals surface area contributed by atoms with Gasteiger partial charge in [-0.3, -0.25) is 14.4 Å². The van der Waals surface area contributed by atoms with E-state index in [2.05, 4.69) is 10.5 Å². The Morgan fingerprint density at radius 2 is 1.86 bits per heavy atom. The second-order valence-corrected chi connectivity index (χ2v) is 6.27. The molecule has 3 aromatic rings. The van der Waals surface area contributed by atoms with Crippen LogP contribution in [0.4, 0.5) is 10.1 Å². The van der Waals surface area contributed by atoms with Gasteiger partial charge in [0.05, 0.1) is 13.0 Å². The second kappa shape index (κ2) is 8.96. The maximum absolute atomic E-state index is 12.9. The Bertz CT molecular complexity index is 1030. The van der Waals surface area contributed by atoms with Crippen molar-refractivity contribution in [1.82, 2.24) is 10.1 Å². The Labute approximate surface area is 165 Å². The van der Waals surface area contributed by atoms with Crippen LogP contribution in [0.1, 0.15) is 5.69 Å². The molecular weight excluding hydrogens is 381 g/mol. The summed E-state index contributed by atoms with van der Waals surface area (Å²) in [6.07, 6.45) is -0.140. The maximum Gasteiger partial charge on any atom is 0.312 e. The molecule has 1 heterocycles. The molecule has 0 aliphatic carbocycles. The number of rotatable bonds is 7. The van der Waals surface area contributed by atoms with Crippen LogP contribution in [0.3, 0.4) is 0 Å². The summed E-state index contributed by atoms with van der Waals surface area (Å²) in [6, 6.07) is 12.3. The first-order valence-corrected chi connectivity index (χ1v) is 8.70. The van der Waals surface area contributed by atoms with Gasteiger partial charge in [-0.05, 0) is 36.4 Å². The third kappa shape index (κ3) is 5.38. The van der Waals surface area contributed by atoms with Gasteiger partial charge in [-0.1, -0.05) is 17.3 Å². The number of ether oxygens (including phenoxy) is 1. The molecule has 0 fully saturated rings. The molecule has 1 aromatic heterocycles. The Kier molecular flexibility index (Phi) is 6.18. The van der Waals surface area contributed by atoms with Gasteiger partial charge >= 0.3 is 5.97 Å². The fraction of sp³-hybridized carbons (Fsp3) is 0.200. The van der Waals surface area contributed by atoms with Gasteiger partial charge in [0.15, 0.2) is 12.2 Å². The molecule has 0 aliphatic rings. The van der Waals surface area contributed by atoms with Crippen molar-refractivity contribution in [3.63, 3.8) is 0 Å². The minimum atomic E-state index is -0.637. The molecule has 0 unspecified atom stereocenters. The van der Waals surface area contributed by atoms with E-state index in [4.69, 9.17) is 9.26 Å². The van der Waals surface area contributed by atoms with Gasteiger partial charge < -0.3 is 19.5 Å². The lowest BCUT2D eigenvalue weighted by atomic mass is 10.2. The molecule has 0 atom stereocenters. The molecule has 0 saturated heterocycles. The van der Waals surface area contributed by atoms with E-state index in [1.807, 2.05) is 0 Å². The maximum atomic E-state index is 12.9. The number of aromatic nitrogens is 1. The van der Waals surface area contributed by atoms with Crippen LogP contribution in [0.2, 0.25) is 0 Å². The molecule has 1 N–H and O–H groups in total. The smallest absolute Gasteiger partial charge is 0.312 e. The number of hydrogen-bond donors (Lipinski definition) is 1. The van der Waals surface area contributed by atoms with Crippen molar-refractivity contribution in [2.75, 3.05) is 25.5 Å². The average Bonchev–Trinajstić information content (AvgIpc) is 3.10. The van der Waals surface area contributed by atoms with Gasteiger partial charge in [0, 0.05) is 18.1 Å². The summed E-state index contributed by atoms with van der Waals surface area (Å²) in [5, 5.41) is 7.07. The largest absolute Gasteiger partial charge is 0.455 e. The van der Waals surface area contributed by atoms with E-state index in [0.717, 1.165) is 4.90 Å². The molecule has 2 amide bonds. The number of nitrogens with zero attached hydrogens (tertiary/aromatic N) is 2. The topological polar surface area (TPSA) is 102 Å². The summed E-state index contributed by atoms with van der Waals surface area (Å²) in [5.74, 6) is -2.07. The highest BCUT2D eigenvalue weighted by atomic mass is 19.1. The zero-order chi connectivity index (χ0) is 20.8. The zero-order valence-electron chi connectivity index (χ0n) is 15.6. The SMILES string of the molecule is CN(CC(=O)Nc1ccc(F)cc1)C(=O)COC(=O)Cc1noc2ccccc12. The predicted octanol–water partition coefficient (Wildman–Crippen LogP) is 2.15. The first-order chi connectivity index (χ1) is 13.9. The van der Waals surface area contributed by atoms with Crippen LogP contribution in [-0.4, -0.2) is 48.0 Å². The van der Waals surface area contributed by atoms with Crippen molar-refractivity contribution >= 4 is 34.4 Å². The van der Waals surface area contributed by atoms with Crippen LogP contribution in [0.5, 0.6) is 0 Å². The highest BCUT2D eigenvalue weighted by molar-refractivity contribution is 5.94. The van der Waals surface area contributed by atoms with E-state index in [-0.39, 0.29) is 13.0 Å². The molecule has 29 heavy (non-hydrogen) atoms. The van der Waals surface area contributed by atoms with Gasteiger partial charge in [-0.2, -0.15) is 0 Å². The molecule has 3 rings (SSSR count). The number of carbonyl (C=O) groups is 3. The minimum absolute atomic E-state index is 0.140. The van der Waals surface area contributed by atoms with Crippen LogP contribution < -0.4 is 5.32 Å². The van der Waals surface area contributed by atoms with Gasteiger partial charge in [0.2, 0.25) is 5.91 Å². The third-order valence-corrected chi connectivity index (χ3v) is 4.06. The first kappa shape index (κ1) is 20.0. The number of para-hydroxylation sites is 1. The second-order valence-electron chi connectivity index (χ2n) is 6.27. The Morgan fingerprint density at radius 1 is 1.14 bits per heavy atom. The first-order valence-electron chi connectivity index (χ1n) is 8.70. The van der Waals surface area contributed by atoms with Crippen LogP contribution in [0.25, 0.3) is 11.0 Å². The minimum Gasteiger partial charge on any atom is -0.455 e.